The van der Waals surface area contributed by atoms with Gasteiger partial charge in [0, 0.05) is 18.4 Å². The van der Waals surface area contributed by atoms with E-state index in [1.807, 2.05) is 11.9 Å². The summed E-state index contributed by atoms with van der Waals surface area (Å²) in [4.78, 5) is 14.1. The molecule has 1 fully saturated rings. The molecule has 0 bridgehead atoms. The average Bonchev–Trinajstić information content (AvgIpc) is 3.19. The Morgan fingerprint density at radius 2 is 2.02 bits per heavy atom. The Balaban J connectivity index is 1.62. The van der Waals surface area contributed by atoms with Crippen molar-refractivity contribution < 1.29 is 31.7 Å². The quantitative estimate of drug-likeness (QED) is 0.222. The van der Waals surface area contributed by atoms with Crippen LogP contribution in [0.4, 0.5) is 23.2 Å². The number of fused-ring (bicyclic) bond motifs is 1. The topological polar surface area (TPSA) is 84.7 Å². The predicted octanol–water partition coefficient (Wildman–Crippen LogP) is 5.24. The van der Waals surface area contributed by atoms with Gasteiger partial charge in [-0.05, 0) is 62.0 Å². The van der Waals surface area contributed by atoms with Crippen molar-refractivity contribution in [1.82, 2.24) is 4.90 Å². The summed E-state index contributed by atoms with van der Waals surface area (Å²) in [5.41, 5.74) is 6.12. The second kappa shape index (κ2) is 11.8. The number of anilines is 1. The van der Waals surface area contributed by atoms with Gasteiger partial charge in [-0.25, -0.2) is 4.39 Å². The highest BCUT2D eigenvalue weighted by Gasteiger charge is 2.32. The molecule has 0 unspecified atom stereocenters. The second-order valence-electron chi connectivity index (χ2n) is 10.2. The number of rotatable bonds is 7. The van der Waals surface area contributed by atoms with Crippen LogP contribution >= 0.6 is 18.5 Å². The third-order valence-corrected chi connectivity index (χ3v) is 9.35. The van der Waals surface area contributed by atoms with Gasteiger partial charge in [0.25, 0.3) is 5.91 Å². The average molecular weight is 596 g/mol. The zero-order chi connectivity index (χ0) is 29.2. The Morgan fingerprint density at radius 3 is 2.67 bits per heavy atom. The van der Waals surface area contributed by atoms with Gasteiger partial charge in [0.1, 0.15) is 25.7 Å². The fourth-order valence-corrected chi connectivity index (χ4v) is 6.63. The Labute approximate surface area is 234 Å². The molecule has 214 valence electrons. The summed E-state index contributed by atoms with van der Waals surface area (Å²) in [7, 11) is -0.800. The van der Waals surface area contributed by atoms with Crippen molar-refractivity contribution in [3.05, 3.63) is 52.4 Å². The maximum Gasteiger partial charge on any atom is 0.393 e. The normalized spacial score (nSPS) is 18.3. The van der Waals surface area contributed by atoms with Crippen LogP contribution in [0.25, 0.3) is 10.1 Å². The first-order chi connectivity index (χ1) is 18.7. The van der Waals surface area contributed by atoms with Crippen LogP contribution in [0, 0.1) is 11.8 Å². The standard InChI is InChI=1S/C28H30F4N3O3PS/c1-35-12-11-22(21(29)16-35)34-23-7-4-6-18-20(15-28(30,31)32)25(40-26(18)23)8-5-13-38-24-10-9-17(39(2,3)37)14-19(24)27(33)36/h4,6-7,9-10,14,21-22,34H,11-13,15-16H2,1-3H3,(H2,33,36)/t21-,22+/m0/s1. The third-order valence-electron chi connectivity index (χ3n) is 6.63. The molecule has 1 aliphatic rings. The molecule has 0 saturated carbocycles. The number of likely N-dealkylation sites (tertiary alicyclic amines) is 1. The van der Waals surface area contributed by atoms with Gasteiger partial charge in [0.15, 0.2) is 0 Å². The summed E-state index contributed by atoms with van der Waals surface area (Å²) < 4.78 is 73.8. The number of alkyl halides is 4. The van der Waals surface area contributed by atoms with Crippen molar-refractivity contribution in [2.45, 2.75) is 31.2 Å². The number of halogens is 4. The number of piperidine rings is 1. The Kier molecular flexibility index (Phi) is 8.83. The van der Waals surface area contributed by atoms with Crippen LogP contribution < -0.4 is 21.1 Å². The minimum atomic E-state index is -4.46. The molecule has 12 heteroatoms. The van der Waals surface area contributed by atoms with Gasteiger partial charge in [-0.2, -0.15) is 13.2 Å². The number of ether oxygens (including phenoxy) is 1. The van der Waals surface area contributed by atoms with Crippen LogP contribution in [0.1, 0.15) is 27.2 Å². The number of nitrogens with two attached hydrogens (primary N) is 1. The lowest BCUT2D eigenvalue weighted by Crippen LogP contribution is -2.46. The van der Waals surface area contributed by atoms with Crippen LogP contribution in [0.2, 0.25) is 0 Å². The molecule has 4 rings (SSSR count). The molecule has 2 atom stereocenters. The number of hydrogen-bond acceptors (Lipinski definition) is 6. The maximum absolute atomic E-state index is 14.7. The van der Waals surface area contributed by atoms with Crippen molar-refractivity contribution in [3.8, 4) is 17.6 Å². The van der Waals surface area contributed by atoms with E-state index in [2.05, 4.69) is 17.2 Å². The van der Waals surface area contributed by atoms with Crippen molar-refractivity contribution in [2.75, 3.05) is 45.4 Å². The first-order valence-corrected chi connectivity index (χ1v) is 16.0. The minimum absolute atomic E-state index is 0.0404. The predicted molar refractivity (Wildman–Crippen MR) is 152 cm³/mol. The number of primary amides is 1. The van der Waals surface area contributed by atoms with E-state index in [0.29, 0.717) is 34.0 Å². The zero-order valence-electron chi connectivity index (χ0n) is 22.3. The van der Waals surface area contributed by atoms with Gasteiger partial charge in [-0.3, -0.25) is 4.79 Å². The highest BCUT2D eigenvalue weighted by atomic mass is 32.1. The van der Waals surface area contributed by atoms with E-state index in [4.69, 9.17) is 10.5 Å². The molecular weight excluding hydrogens is 565 g/mol. The van der Waals surface area contributed by atoms with E-state index in [1.165, 1.54) is 12.1 Å². The smallest absolute Gasteiger partial charge is 0.393 e. The zero-order valence-corrected chi connectivity index (χ0v) is 24.0. The number of amides is 1. The number of thiophene rings is 1. The van der Waals surface area contributed by atoms with Crippen LogP contribution in [-0.4, -0.2) is 69.3 Å². The molecule has 3 N–H and O–H groups in total. The summed E-state index contributed by atoms with van der Waals surface area (Å²) in [6, 6.07) is 9.03. The largest absolute Gasteiger partial charge is 0.480 e. The Morgan fingerprint density at radius 1 is 1.27 bits per heavy atom. The molecule has 1 amide bonds. The molecule has 3 aromatic rings. The lowest BCUT2D eigenvalue weighted by Gasteiger charge is -2.33. The van der Waals surface area contributed by atoms with Gasteiger partial charge in [0.2, 0.25) is 0 Å². The maximum atomic E-state index is 14.7. The molecule has 1 saturated heterocycles. The van der Waals surface area contributed by atoms with Gasteiger partial charge < -0.3 is 25.3 Å². The first-order valence-electron chi connectivity index (χ1n) is 12.5. The third kappa shape index (κ3) is 7.17. The molecule has 0 aliphatic carbocycles. The SMILES string of the molecule is CN1CC[C@@H](Nc2cccc3c(CC(F)(F)F)c(C#CCOc4ccc(P(C)(C)=O)cc4C(N)=O)sc23)[C@@H](F)C1. The molecule has 2 heterocycles. The van der Waals surface area contributed by atoms with Crippen molar-refractivity contribution in [1.29, 1.82) is 0 Å². The van der Waals surface area contributed by atoms with Crippen LogP contribution in [0.5, 0.6) is 5.75 Å². The summed E-state index contributed by atoms with van der Waals surface area (Å²) in [6.45, 7) is 3.90. The number of hydrogen-bond donors (Lipinski definition) is 2. The summed E-state index contributed by atoms with van der Waals surface area (Å²) in [6.07, 6.45) is -6.16. The fraction of sp³-hybridized carbons (Fsp3) is 0.393. The number of nitrogens with one attached hydrogen (secondary N) is 1. The number of carbonyl (C=O) groups is 1. The Hall–Kier alpha value is -3.06. The van der Waals surface area contributed by atoms with Gasteiger partial charge in [-0.1, -0.05) is 24.0 Å². The number of nitrogens with zero attached hydrogens (tertiary/aromatic N) is 1. The summed E-state index contributed by atoms with van der Waals surface area (Å²) in [5, 5.41) is 4.09. The van der Waals surface area contributed by atoms with Crippen LogP contribution in [-0.2, 0) is 11.0 Å². The molecule has 6 nitrogen and oxygen atoms in total. The van der Waals surface area contributed by atoms with E-state index in [0.717, 1.165) is 11.3 Å². The highest BCUT2D eigenvalue weighted by molar-refractivity contribution is 7.70. The second-order valence-corrected chi connectivity index (χ2v) is 14.4. The number of benzene rings is 2. The lowest BCUT2D eigenvalue weighted by molar-refractivity contribution is -0.126. The minimum Gasteiger partial charge on any atom is -0.480 e. The molecule has 0 radical (unpaired) electrons. The summed E-state index contributed by atoms with van der Waals surface area (Å²) in [5.74, 6) is 4.91. The van der Waals surface area contributed by atoms with Gasteiger partial charge in [-0.15, -0.1) is 11.3 Å². The molecule has 1 aromatic heterocycles. The van der Waals surface area contributed by atoms with E-state index >= 15 is 0 Å². The lowest BCUT2D eigenvalue weighted by atomic mass is 10.0. The molecule has 2 aromatic carbocycles. The number of carbonyl (C=O) groups excluding carboxylic acids is 1. The first kappa shape index (κ1) is 29.9. The van der Waals surface area contributed by atoms with Gasteiger partial charge >= 0.3 is 6.18 Å². The molecule has 40 heavy (non-hydrogen) atoms. The van der Waals surface area contributed by atoms with E-state index < -0.39 is 37.9 Å². The monoisotopic (exact) mass is 595 g/mol. The van der Waals surface area contributed by atoms with Crippen LogP contribution in [0.3, 0.4) is 0 Å². The van der Waals surface area contributed by atoms with Crippen LogP contribution in [0.15, 0.2) is 36.4 Å². The van der Waals surface area contributed by atoms with Crippen molar-refractivity contribution in [2.24, 2.45) is 5.73 Å². The fourth-order valence-electron chi connectivity index (χ4n) is 4.58. The Bertz CT molecular complexity index is 1520. The van der Waals surface area contributed by atoms with E-state index in [9.17, 15) is 26.9 Å². The van der Waals surface area contributed by atoms with E-state index in [-0.39, 0.29) is 34.9 Å². The van der Waals surface area contributed by atoms with Crippen molar-refractivity contribution in [3.63, 3.8) is 0 Å². The van der Waals surface area contributed by atoms with E-state index in [1.54, 1.807) is 37.6 Å². The molecular formula is C28H30F4N3O3PS. The molecule has 1 aliphatic heterocycles. The highest BCUT2D eigenvalue weighted by Crippen LogP contribution is 2.40. The summed E-state index contributed by atoms with van der Waals surface area (Å²) >= 11 is 1.11. The van der Waals surface area contributed by atoms with Gasteiger partial charge in [0.05, 0.1) is 33.3 Å². The molecule has 0 spiro atoms. The van der Waals surface area contributed by atoms with Crippen molar-refractivity contribution >= 4 is 45.5 Å².